The Morgan fingerprint density at radius 2 is 2.29 bits per heavy atom. The molecule has 0 bridgehead atoms. The van der Waals surface area contributed by atoms with Crippen molar-refractivity contribution in [2.45, 2.75) is 18.8 Å². The average molecular weight is 290 g/mol. The number of aromatic nitrogens is 4. The Morgan fingerprint density at radius 1 is 1.43 bits per heavy atom. The fourth-order valence-corrected chi connectivity index (χ4v) is 2.56. The smallest absolute Gasteiger partial charge is 0.340 e. The van der Waals surface area contributed by atoms with Gasteiger partial charge in [0.05, 0.1) is 4.92 Å². The molecule has 2 aromatic heterocycles. The predicted molar refractivity (Wildman–Crippen MR) is 74.3 cm³/mol. The van der Waals surface area contributed by atoms with E-state index in [1.807, 2.05) is 4.90 Å². The van der Waals surface area contributed by atoms with Crippen molar-refractivity contribution in [3.8, 4) is 0 Å². The molecule has 1 aliphatic rings. The molecule has 2 N–H and O–H groups in total. The molecule has 1 saturated heterocycles. The molecule has 0 amide bonds. The first-order valence-electron chi connectivity index (χ1n) is 6.63. The normalized spacial score (nSPS) is 18.7. The van der Waals surface area contributed by atoms with Gasteiger partial charge < -0.3 is 4.90 Å². The van der Waals surface area contributed by atoms with Crippen LogP contribution in [0.15, 0.2) is 23.1 Å². The molecule has 0 radical (unpaired) electrons. The van der Waals surface area contributed by atoms with E-state index < -0.39 is 4.92 Å². The summed E-state index contributed by atoms with van der Waals surface area (Å²) in [7, 11) is 0. The minimum absolute atomic E-state index is 0.0241. The van der Waals surface area contributed by atoms with Gasteiger partial charge in [-0.2, -0.15) is 5.10 Å². The van der Waals surface area contributed by atoms with Crippen LogP contribution < -0.4 is 10.6 Å². The number of rotatable bonds is 3. The molecule has 0 spiro atoms. The number of pyridine rings is 1. The number of hydrogen-bond donors (Lipinski definition) is 2. The van der Waals surface area contributed by atoms with Crippen molar-refractivity contribution in [3.63, 3.8) is 0 Å². The Hall–Kier alpha value is -2.71. The van der Waals surface area contributed by atoms with E-state index in [0.717, 1.165) is 19.4 Å². The first-order chi connectivity index (χ1) is 10.1. The van der Waals surface area contributed by atoms with E-state index in [-0.39, 0.29) is 17.3 Å². The number of nitrogens with zero attached hydrogens (tertiary/aromatic N) is 4. The molecule has 21 heavy (non-hydrogen) atoms. The van der Waals surface area contributed by atoms with Crippen molar-refractivity contribution >= 4 is 11.5 Å². The minimum Gasteiger partial charge on any atom is -0.356 e. The summed E-state index contributed by atoms with van der Waals surface area (Å²) in [4.78, 5) is 30.2. The fourth-order valence-electron chi connectivity index (χ4n) is 2.56. The highest BCUT2D eigenvalue weighted by atomic mass is 16.6. The summed E-state index contributed by atoms with van der Waals surface area (Å²) in [5, 5.41) is 17.0. The Bertz CT molecular complexity index is 692. The second-order valence-corrected chi connectivity index (χ2v) is 4.98. The average Bonchev–Trinajstić information content (AvgIpc) is 2.94. The van der Waals surface area contributed by atoms with Gasteiger partial charge in [0.15, 0.2) is 0 Å². The van der Waals surface area contributed by atoms with Gasteiger partial charge in [-0.3, -0.25) is 15.1 Å². The lowest BCUT2D eigenvalue weighted by atomic mass is 9.97. The quantitative estimate of drug-likeness (QED) is 0.636. The molecule has 110 valence electrons. The zero-order valence-corrected chi connectivity index (χ0v) is 11.2. The molecular weight excluding hydrogens is 276 g/mol. The number of nitro groups is 1. The first kappa shape index (κ1) is 13.3. The second-order valence-electron chi connectivity index (χ2n) is 4.98. The third-order valence-corrected chi connectivity index (χ3v) is 3.59. The lowest BCUT2D eigenvalue weighted by Crippen LogP contribution is -2.35. The van der Waals surface area contributed by atoms with E-state index >= 15 is 0 Å². The lowest BCUT2D eigenvalue weighted by Gasteiger charge is -2.32. The maximum absolute atomic E-state index is 11.1. The van der Waals surface area contributed by atoms with Crippen molar-refractivity contribution in [1.29, 1.82) is 0 Å². The van der Waals surface area contributed by atoms with Crippen LogP contribution in [-0.4, -0.2) is 38.2 Å². The summed E-state index contributed by atoms with van der Waals surface area (Å²) in [6.45, 7) is 1.50. The molecule has 0 unspecified atom stereocenters. The molecule has 9 heteroatoms. The van der Waals surface area contributed by atoms with Crippen LogP contribution >= 0.6 is 0 Å². The summed E-state index contributed by atoms with van der Waals surface area (Å²) in [6.07, 6.45) is 3.14. The number of piperidine rings is 1. The van der Waals surface area contributed by atoms with Gasteiger partial charge in [0.25, 0.3) is 5.69 Å². The zero-order valence-electron chi connectivity index (χ0n) is 11.2. The van der Waals surface area contributed by atoms with Gasteiger partial charge in [-0.1, -0.05) is 0 Å². The lowest BCUT2D eigenvalue weighted by molar-refractivity contribution is -0.385. The van der Waals surface area contributed by atoms with E-state index in [9.17, 15) is 14.9 Å². The van der Waals surface area contributed by atoms with Crippen LogP contribution in [0.5, 0.6) is 0 Å². The zero-order chi connectivity index (χ0) is 14.8. The first-order valence-corrected chi connectivity index (χ1v) is 6.63. The minimum atomic E-state index is -0.468. The van der Waals surface area contributed by atoms with Crippen molar-refractivity contribution in [2.75, 3.05) is 18.0 Å². The van der Waals surface area contributed by atoms with Crippen LogP contribution in [0.25, 0.3) is 0 Å². The molecule has 0 saturated carbocycles. The molecule has 1 fully saturated rings. The van der Waals surface area contributed by atoms with E-state index in [0.29, 0.717) is 18.2 Å². The van der Waals surface area contributed by atoms with Crippen molar-refractivity contribution in [2.24, 2.45) is 0 Å². The highest BCUT2D eigenvalue weighted by Crippen LogP contribution is 2.27. The number of nitrogens with one attached hydrogen (secondary N) is 2. The Morgan fingerprint density at radius 3 is 2.90 bits per heavy atom. The maximum Gasteiger partial charge on any atom is 0.340 e. The van der Waals surface area contributed by atoms with Crippen LogP contribution in [0.3, 0.4) is 0 Å². The van der Waals surface area contributed by atoms with Gasteiger partial charge in [-0.05, 0) is 18.9 Å². The van der Waals surface area contributed by atoms with Gasteiger partial charge in [0, 0.05) is 25.1 Å². The van der Waals surface area contributed by atoms with E-state index in [2.05, 4.69) is 20.2 Å². The van der Waals surface area contributed by atoms with Crippen LogP contribution in [0.2, 0.25) is 0 Å². The third kappa shape index (κ3) is 2.76. The highest BCUT2D eigenvalue weighted by Gasteiger charge is 2.24. The molecule has 3 heterocycles. The standard InChI is InChI=1S/C12H14N6O3/c19-12-14-11(15-16-12)8-2-1-5-17(7-8)10-4-3-9(6-13-10)18(20)21/h3-4,6,8H,1-2,5,7H2,(H2,14,15,16,19)/t8-/m0/s1. The number of aromatic amines is 2. The Balaban J connectivity index is 1.76. The monoisotopic (exact) mass is 290 g/mol. The molecule has 2 aromatic rings. The fraction of sp³-hybridized carbons (Fsp3) is 0.417. The van der Waals surface area contributed by atoms with E-state index in [1.165, 1.54) is 12.3 Å². The summed E-state index contributed by atoms with van der Waals surface area (Å²) in [5.74, 6) is 1.46. The van der Waals surface area contributed by atoms with Crippen LogP contribution in [0.4, 0.5) is 11.5 Å². The molecule has 1 aliphatic heterocycles. The molecule has 3 rings (SSSR count). The number of hydrogen-bond acceptors (Lipinski definition) is 6. The van der Waals surface area contributed by atoms with Crippen LogP contribution in [0.1, 0.15) is 24.6 Å². The van der Waals surface area contributed by atoms with Crippen LogP contribution in [-0.2, 0) is 0 Å². The predicted octanol–water partition coefficient (Wildman–Crippen LogP) is 0.785. The molecule has 1 atom stereocenters. The Kier molecular flexibility index (Phi) is 3.38. The molecule has 0 aliphatic carbocycles. The maximum atomic E-state index is 11.1. The summed E-state index contributed by atoms with van der Waals surface area (Å²) < 4.78 is 0. The van der Waals surface area contributed by atoms with E-state index in [4.69, 9.17) is 0 Å². The van der Waals surface area contributed by atoms with Crippen LogP contribution in [0, 0.1) is 10.1 Å². The van der Waals surface area contributed by atoms with Crippen molar-refractivity contribution in [1.82, 2.24) is 20.2 Å². The van der Waals surface area contributed by atoms with Gasteiger partial charge in [0.1, 0.15) is 17.8 Å². The van der Waals surface area contributed by atoms with E-state index in [1.54, 1.807) is 6.07 Å². The summed E-state index contributed by atoms with van der Waals surface area (Å²) in [5.41, 5.74) is -0.334. The summed E-state index contributed by atoms with van der Waals surface area (Å²) in [6, 6.07) is 3.09. The SMILES string of the molecule is O=c1[nH]nc([C@H]2CCCN(c3ccc([N+](=O)[O-])cn3)C2)[nH]1. The topological polar surface area (TPSA) is 121 Å². The van der Waals surface area contributed by atoms with Gasteiger partial charge in [-0.25, -0.2) is 14.9 Å². The largest absolute Gasteiger partial charge is 0.356 e. The summed E-state index contributed by atoms with van der Waals surface area (Å²) >= 11 is 0. The third-order valence-electron chi connectivity index (χ3n) is 3.59. The Labute approximate surface area is 119 Å². The van der Waals surface area contributed by atoms with Crippen molar-refractivity contribution in [3.05, 3.63) is 44.8 Å². The van der Waals surface area contributed by atoms with Crippen molar-refractivity contribution < 1.29 is 4.92 Å². The van der Waals surface area contributed by atoms with Gasteiger partial charge in [0.2, 0.25) is 0 Å². The molecule has 0 aromatic carbocycles. The number of H-pyrrole nitrogens is 2. The highest BCUT2D eigenvalue weighted by molar-refractivity contribution is 5.43. The van der Waals surface area contributed by atoms with Gasteiger partial charge in [-0.15, -0.1) is 0 Å². The second kappa shape index (κ2) is 5.35. The molecular formula is C12H14N6O3. The molecule has 9 nitrogen and oxygen atoms in total. The number of anilines is 1. The van der Waals surface area contributed by atoms with Gasteiger partial charge >= 0.3 is 5.69 Å².